The van der Waals surface area contributed by atoms with Crippen LogP contribution < -0.4 is 21.3 Å². The van der Waals surface area contributed by atoms with Crippen LogP contribution in [0, 0.1) is 11.3 Å². The normalized spacial score (nSPS) is 10.2. The van der Waals surface area contributed by atoms with Gasteiger partial charge in [-0.2, -0.15) is 5.26 Å². The third kappa shape index (κ3) is 6.99. The highest BCUT2D eigenvalue weighted by Crippen LogP contribution is 2.24. The molecule has 44 heavy (non-hydrogen) atoms. The van der Waals surface area contributed by atoms with Crippen molar-refractivity contribution in [1.29, 1.82) is 5.26 Å². The lowest BCUT2D eigenvalue weighted by Gasteiger charge is -2.13. The zero-order valence-electron chi connectivity index (χ0n) is 23.1. The van der Waals surface area contributed by atoms with Gasteiger partial charge in [-0.05, 0) is 72.8 Å². The van der Waals surface area contributed by atoms with Gasteiger partial charge in [0.25, 0.3) is 23.6 Å². The molecule has 0 saturated carbocycles. The number of nitriles is 1. The number of hydrogen-bond donors (Lipinski definition) is 4. The summed E-state index contributed by atoms with van der Waals surface area (Å²) in [6, 6.07) is 34.6. The third-order valence-electron chi connectivity index (χ3n) is 6.37. The zero-order chi connectivity index (χ0) is 30.9. The molecule has 0 saturated heterocycles. The monoisotopic (exact) mass is 580 g/mol. The number of nitrogens with one attached hydrogen (secondary N) is 4. The molecule has 4 amide bonds. The Labute approximate surface area is 252 Å². The Kier molecular flexibility index (Phi) is 8.79. The van der Waals surface area contributed by atoms with E-state index < -0.39 is 17.7 Å². The summed E-state index contributed by atoms with van der Waals surface area (Å²) >= 11 is 0. The number of carbonyl (C=O) groups excluding carboxylic acids is 4. The highest BCUT2D eigenvalue weighted by Gasteiger charge is 2.17. The van der Waals surface area contributed by atoms with Gasteiger partial charge < -0.3 is 21.3 Å². The number of benzene rings is 4. The number of amides is 4. The summed E-state index contributed by atoms with van der Waals surface area (Å²) in [6.07, 6.45) is 0. The summed E-state index contributed by atoms with van der Waals surface area (Å²) in [7, 11) is 0. The van der Waals surface area contributed by atoms with Crippen LogP contribution in [-0.2, 0) is 0 Å². The Morgan fingerprint density at radius 3 is 1.27 bits per heavy atom. The fourth-order valence-corrected chi connectivity index (χ4v) is 4.14. The van der Waals surface area contributed by atoms with Gasteiger partial charge in [-0.25, -0.2) is 4.98 Å². The maximum atomic E-state index is 13.1. The molecule has 0 bridgehead atoms. The van der Waals surface area contributed by atoms with Crippen LogP contribution in [0.25, 0.3) is 0 Å². The minimum absolute atomic E-state index is 0.0238. The quantitative estimate of drug-likeness (QED) is 0.178. The van der Waals surface area contributed by atoms with Gasteiger partial charge in [0.2, 0.25) is 0 Å². The van der Waals surface area contributed by atoms with E-state index in [2.05, 4.69) is 26.3 Å². The van der Waals surface area contributed by atoms with Crippen LogP contribution in [0.4, 0.5) is 22.7 Å². The molecular formula is C34H24N6O4. The second kappa shape index (κ2) is 13.4. The van der Waals surface area contributed by atoms with E-state index in [1.807, 2.05) is 12.1 Å². The first-order valence-corrected chi connectivity index (χ1v) is 13.4. The number of carbonyl (C=O) groups is 4. The number of pyridine rings is 1. The van der Waals surface area contributed by atoms with Crippen molar-refractivity contribution < 1.29 is 19.2 Å². The molecule has 214 valence electrons. The third-order valence-corrected chi connectivity index (χ3v) is 6.37. The highest BCUT2D eigenvalue weighted by atomic mass is 16.2. The van der Waals surface area contributed by atoms with Crippen molar-refractivity contribution in [3.63, 3.8) is 0 Å². The smallest absolute Gasteiger partial charge is 0.274 e. The molecule has 0 aliphatic heterocycles. The summed E-state index contributed by atoms with van der Waals surface area (Å²) in [5.74, 6) is -1.95. The Morgan fingerprint density at radius 1 is 0.455 bits per heavy atom. The zero-order valence-corrected chi connectivity index (χ0v) is 23.1. The minimum Gasteiger partial charge on any atom is -0.320 e. The van der Waals surface area contributed by atoms with Gasteiger partial charge in [-0.1, -0.05) is 48.5 Å². The number of nitrogens with zero attached hydrogens (tertiary/aromatic N) is 2. The molecule has 5 rings (SSSR count). The topological polar surface area (TPSA) is 153 Å². The SMILES string of the molecule is N#Cc1ccc(C(=O)Nc2ccccc2NC(=O)c2cccc(C(=O)Nc3ccccc3NC(=O)c3ccccc3)n2)cc1. The molecule has 5 aromatic rings. The Hall–Kier alpha value is -6.60. The maximum Gasteiger partial charge on any atom is 0.274 e. The molecule has 0 aliphatic rings. The molecule has 0 fully saturated rings. The van der Waals surface area contributed by atoms with Crippen molar-refractivity contribution in [3.8, 4) is 6.07 Å². The number of aromatic nitrogens is 1. The van der Waals surface area contributed by atoms with Gasteiger partial charge in [0.15, 0.2) is 0 Å². The van der Waals surface area contributed by atoms with Crippen LogP contribution in [0.2, 0.25) is 0 Å². The van der Waals surface area contributed by atoms with Crippen LogP contribution in [0.15, 0.2) is 121 Å². The lowest BCUT2D eigenvalue weighted by Crippen LogP contribution is -2.20. The van der Waals surface area contributed by atoms with E-state index in [1.165, 1.54) is 42.5 Å². The van der Waals surface area contributed by atoms with Crippen LogP contribution in [0.1, 0.15) is 47.3 Å². The van der Waals surface area contributed by atoms with E-state index in [9.17, 15) is 19.2 Å². The molecule has 4 N–H and O–H groups in total. The Morgan fingerprint density at radius 2 is 0.841 bits per heavy atom. The van der Waals surface area contributed by atoms with Gasteiger partial charge in [0.05, 0.1) is 34.4 Å². The molecule has 0 atom stereocenters. The molecule has 0 spiro atoms. The van der Waals surface area contributed by atoms with Crippen LogP contribution >= 0.6 is 0 Å². The fourth-order valence-electron chi connectivity index (χ4n) is 4.14. The lowest BCUT2D eigenvalue weighted by atomic mass is 10.1. The second-order valence-electron chi connectivity index (χ2n) is 9.37. The van der Waals surface area contributed by atoms with Gasteiger partial charge >= 0.3 is 0 Å². The first kappa shape index (κ1) is 28.9. The van der Waals surface area contributed by atoms with Crippen LogP contribution in [0.5, 0.6) is 0 Å². The Bertz CT molecular complexity index is 1900. The number of hydrogen-bond acceptors (Lipinski definition) is 6. The average molecular weight is 581 g/mol. The van der Waals surface area contributed by atoms with Crippen molar-refractivity contribution in [2.75, 3.05) is 21.3 Å². The first-order chi connectivity index (χ1) is 21.4. The predicted molar refractivity (Wildman–Crippen MR) is 167 cm³/mol. The Balaban J connectivity index is 1.27. The highest BCUT2D eigenvalue weighted by molar-refractivity contribution is 6.11. The summed E-state index contributed by atoms with van der Waals surface area (Å²) in [5.41, 5.74) is 2.58. The summed E-state index contributed by atoms with van der Waals surface area (Å²) in [6.45, 7) is 0. The van der Waals surface area contributed by atoms with Crippen molar-refractivity contribution in [2.45, 2.75) is 0 Å². The average Bonchev–Trinajstić information content (AvgIpc) is 3.07. The first-order valence-electron chi connectivity index (χ1n) is 13.4. The molecular weight excluding hydrogens is 556 g/mol. The molecule has 0 aliphatic carbocycles. The molecule has 0 unspecified atom stereocenters. The predicted octanol–water partition coefficient (Wildman–Crippen LogP) is 5.96. The van der Waals surface area contributed by atoms with Crippen LogP contribution in [0.3, 0.4) is 0 Å². The molecule has 1 aromatic heterocycles. The molecule has 0 radical (unpaired) electrons. The second-order valence-corrected chi connectivity index (χ2v) is 9.37. The molecule has 1 heterocycles. The molecule has 10 heteroatoms. The van der Waals surface area contributed by atoms with Crippen molar-refractivity contribution in [2.24, 2.45) is 0 Å². The van der Waals surface area contributed by atoms with E-state index in [-0.39, 0.29) is 17.3 Å². The van der Waals surface area contributed by atoms with E-state index in [4.69, 9.17) is 5.26 Å². The van der Waals surface area contributed by atoms with Crippen LogP contribution in [-0.4, -0.2) is 28.6 Å². The lowest BCUT2D eigenvalue weighted by molar-refractivity contribution is 0.100. The summed E-state index contributed by atoms with van der Waals surface area (Å²) in [5, 5.41) is 20.0. The molecule has 10 nitrogen and oxygen atoms in total. The number of rotatable bonds is 8. The largest absolute Gasteiger partial charge is 0.320 e. The van der Waals surface area contributed by atoms with Gasteiger partial charge in [-0.15, -0.1) is 0 Å². The van der Waals surface area contributed by atoms with Gasteiger partial charge in [0.1, 0.15) is 11.4 Å². The maximum absolute atomic E-state index is 13.1. The van der Waals surface area contributed by atoms with E-state index in [1.54, 1.807) is 72.8 Å². The van der Waals surface area contributed by atoms with E-state index in [0.717, 1.165) is 0 Å². The number of anilines is 4. The van der Waals surface area contributed by atoms with E-state index in [0.29, 0.717) is 39.4 Å². The standard InChI is InChI=1S/C34H24N6O4/c35-21-22-17-19-24(20-18-22)32(42)38-26-12-5-7-14-28(26)40-34(44)30-16-8-15-29(36-30)33(43)39-27-13-6-4-11-25(27)37-31(41)23-9-2-1-3-10-23/h1-20H,(H,37,41)(H,38,42)(H,39,43)(H,40,44). The molecule has 4 aromatic carbocycles. The van der Waals surface area contributed by atoms with Crippen molar-refractivity contribution in [1.82, 2.24) is 4.98 Å². The fraction of sp³-hybridized carbons (Fsp3) is 0. The van der Waals surface area contributed by atoms with Crippen molar-refractivity contribution >= 4 is 46.4 Å². The summed E-state index contributed by atoms with van der Waals surface area (Å²) < 4.78 is 0. The minimum atomic E-state index is -0.602. The van der Waals surface area contributed by atoms with Crippen molar-refractivity contribution in [3.05, 3.63) is 149 Å². The van der Waals surface area contributed by atoms with Gasteiger partial charge in [-0.3, -0.25) is 19.2 Å². The number of para-hydroxylation sites is 4. The van der Waals surface area contributed by atoms with Gasteiger partial charge in [0, 0.05) is 11.1 Å². The summed E-state index contributed by atoms with van der Waals surface area (Å²) in [4.78, 5) is 55.9. The van der Waals surface area contributed by atoms with E-state index >= 15 is 0 Å².